The number of nitrogens with zero attached hydrogens (tertiary/aromatic N) is 1. The Bertz CT molecular complexity index is 511. The first-order valence-corrected chi connectivity index (χ1v) is 6.35. The summed E-state index contributed by atoms with van der Waals surface area (Å²) in [4.78, 5) is 25.3. The van der Waals surface area contributed by atoms with Gasteiger partial charge in [0.05, 0.1) is 6.61 Å². The Morgan fingerprint density at radius 2 is 2.15 bits per heavy atom. The van der Waals surface area contributed by atoms with Crippen molar-refractivity contribution in [3.8, 4) is 5.75 Å². The van der Waals surface area contributed by atoms with Gasteiger partial charge in [0.25, 0.3) is 5.91 Å². The summed E-state index contributed by atoms with van der Waals surface area (Å²) in [6.45, 7) is 7.41. The quantitative estimate of drug-likeness (QED) is 0.637. The normalized spacial score (nSPS) is 9.90. The number of phenols is 1. The molecule has 0 aliphatic heterocycles. The van der Waals surface area contributed by atoms with Crippen LogP contribution < -0.4 is 0 Å². The number of hydrogen-bond donors (Lipinski definition) is 1. The summed E-state index contributed by atoms with van der Waals surface area (Å²) in [7, 11) is 0. The maximum Gasteiger partial charge on any atom is 0.325 e. The summed E-state index contributed by atoms with van der Waals surface area (Å²) in [6.07, 6.45) is 1.55. The van der Waals surface area contributed by atoms with Gasteiger partial charge in [-0.25, -0.2) is 0 Å². The molecule has 0 fully saturated rings. The van der Waals surface area contributed by atoms with Crippen LogP contribution in [0.3, 0.4) is 0 Å². The van der Waals surface area contributed by atoms with Crippen molar-refractivity contribution in [2.45, 2.75) is 13.8 Å². The Hall–Kier alpha value is -2.30. The van der Waals surface area contributed by atoms with E-state index in [2.05, 4.69) is 6.58 Å². The van der Waals surface area contributed by atoms with Crippen LogP contribution >= 0.6 is 0 Å². The molecule has 0 saturated carbocycles. The lowest BCUT2D eigenvalue weighted by Crippen LogP contribution is -2.37. The fraction of sp³-hybridized carbons (Fsp3) is 0.333. The van der Waals surface area contributed by atoms with Gasteiger partial charge in [-0.1, -0.05) is 6.08 Å². The Morgan fingerprint density at radius 1 is 1.45 bits per heavy atom. The maximum absolute atomic E-state index is 12.4. The van der Waals surface area contributed by atoms with Crippen molar-refractivity contribution >= 4 is 11.9 Å². The van der Waals surface area contributed by atoms with E-state index in [1.165, 1.54) is 23.1 Å². The van der Waals surface area contributed by atoms with Crippen LogP contribution in [0.4, 0.5) is 0 Å². The van der Waals surface area contributed by atoms with E-state index < -0.39 is 5.97 Å². The first-order valence-electron chi connectivity index (χ1n) is 6.35. The topological polar surface area (TPSA) is 66.8 Å². The van der Waals surface area contributed by atoms with Crippen molar-refractivity contribution in [1.29, 1.82) is 0 Å². The van der Waals surface area contributed by atoms with Crippen LogP contribution in [0.25, 0.3) is 0 Å². The molecule has 1 aromatic rings. The highest BCUT2D eigenvalue weighted by Crippen LogP contribution is 2.17. The van der Waals surface area contributed by atoms with E-state index in [0.29, 0.717) is 11.1 Å². The van der Waals surface area contributed by atoms with Gasteiger partial charge >= 0.3 is 5.97 Å². The molecule has 20 heavy (non-hydrogen) atoms. The van der Waals surface area contributed by atoms with E-state index in [4.69, 9.17) is 4.74 Å². The van der Waals surface area contributed by atoms with Crippen molar-refractivity contribution in [3.63, 3.8) is 0 Å². The SMILES string of the molecule is C=CCN(CC(=O)OCC)C(=O)c1ccc(O)cc1C. The van der Waals surface area contributed by atoms with Gasteiger partial charge in [-0.15, -0.1) is 6.58 Å². The van der Waals surface area contributed by atoms with Gasteiger partial charge in [-0.05, 0) is 37.6 Å². The molecule has 0 spiro atoms. The largest absolute Gasteiger partial charge is 0.508 e. The summed E-state index contributed by atoms with van der Waals surface area (Å²) in [5.74, 6) is -0.658. The Kier molecular flexibility index (Phi) is 5.77. The predicted molar refractivity (Wildman–Crippen MR) is 75.6 cm³/mol. The number of esters is 1. The third-order valence-electron chi connectivity index (χ3n) is 2.70. The maximum atomic E-state index is 12.4. The second-order valence-electron chi connectivity index (χ2n) is 4.28. The van der Waals surface area contributed by atoms with E-state index in [1.54, 1.807) is 19.9 Å². The third kappa shape index (κ3) is 4.12. The number of amides is 1. The number of rotatable bonds is 6. The van der Waals surface area contributed by atoms with Crippen LogP contribution in [-0.2, 0) is 9.53 Å². The van der Waals surface area contributed by atoms with E-state index in [9.17, 15) is 14.7 Å². The first kappa shape index (κ1) is 15.8. The average Bonchev–Trinajstić information content (AvgIpc) is 2.38. The van der Waals surface area contributed by atoms with Crippen molar-refractivity contribution < 1.29 is 19.4 Å². The van der Waals surface area contributed by atoms with Gasteiger partial charge in [-0.3, -0.25) is 9.59 Å². The standard InChI is InChI=1S/C15H19NO4/c1-4-8-16(10-14(18)20-5-2)15(19)13-7-6-12(17)9-11(13)3/h4,6-7,9,17H,1,5,8,10H2,2-3H3. The van der Waals surface area contributed by atoms with E-state index in [-0.39, 0.29) is 31.4 Å². The molecule has 0 aliphatic rings. The van der Waals surface area contributed by atoms with Crippen molar-refractivity contribution in [1.82, 2.24) is 4.90 Å². The molecule has 1 aromatic carbocycles. The highest BCUT2D eigenvalue weighted by Gasteiger charge is 2.20. The van der Waals surface area contributed by atoms with Gasteiger partial charge in [0.1, 0.15) is 12.3 Å². The smallest absolute Gasteiger partial charge is 0.325 e. The van der Waals surface area contributed by atoms with E-state index in [0.717, 1.165) is 0 Å². The van der Waals surface area contributed by atoms with Gasteiger partial charge < -0.3 is 14.7 Å². The number of aryl methyl sites for hydroxylation is 1. The molecule has 0 aliphatic carbocycles. The van der Waals surface area contributed by atoms with Crippen molar-refractivity contribution in [3.05, 3.63) is 42.0 Å². The van der Waals surface area contributed by atoms with Crippen molar-refractivity contribution in [2.75, 3.05) is 19.7 Å². The van der Waals surface area contributed by atoms with Crippen LogP contribution in [-0.4, -0.2) is 41.6 Å². The van der Waals surface area contributed by atoms with Gasteiger partial charge in [0, 0.05) is 12.1 Å². The molecule has 0 aromatic heterocycles. The number of phenolic OH excluding ortho intramolecular Hbond substituents is 1. The Balaban J connectivity index is 2.93. The molecule has 1 N–H and O–H groups in total. The number of ether oxygens (including phenoxy) is 1. The number of aromatic hydroxyl groups is 1. The molecule has 0 saturated heterocycles. The highest BCUT2D eigenvalue weighted by atomic mass is 16.5. The molecule has 0 radical (unpaired) electrons. The summed E-state index contributed by atoms with van der Waals surface area (Å²) in [5.41, 5.74) is 1.09. The minimum Gasteiger partial charge on any atom is -0.508 e. The minimum absolute atomic E-state index is 0.0970. The van der Waals surface area contributed by atoms with Gasteiger partial charge in [0.2, 0.25) is 0 Å². The van der Waals surface area contributed by atoms with Crippen LogP contribution in [0.2, 0.25) is 0 Å². The van der Waals surface area contributed by atoms with Crippen LogP contribution in [0, 0.1) is 6.92 Å². The zero-order valence-corrected chi connectivity index (χ0v) is 11.8. The summed E-state index contributed by atoms with van der Waals surface area (Å²) < 4.78 is 4.85. The van der Waals surface area contributed by atoms with Crippen molar-refractivity contribution in [2.24, 2.45) is 0 Å². The zero-order valence-electron chi connectivity index (χ0n) is 11.8. The zero-order chi connectivity index (χ0) is 15.1. The lowest BCUT2D eigenvalue weighted by Gasteiger charge is -2.21. The molecular formula is C15H19NO4. The number of benzene rings is 1. The second-order valence-corrected chi connectivity index (χ2v) is 4.28. The molecule has 5 heteroatoms. The monoisotopic (exact) mass is 277 g/mol. The number of carbonyl (C=O) groups excluding carboxylic acids is 2. The first-order chi connectivity index (χ1) is 9.49. The Morgan fingerprint density at radius 3 is 2.70 bits per heavy atom. The number of carbonyl (C=O) groups is 2. The van der Waals surface area contributed by atoms with Gasteiger partial charge in [-0.2, -0.15) is 0 Å². The molecule has 1 amide bonds. The Labute approximate surface area is 118 Å². The lowest BCUT2D eigenvalue weighted by molar-refractivity contribution is -0.143. The minimum atomic E-state index is -0.459. The number of hydrogen-bond acceptors (Lipinski definition) is 4. The molecule has 5 nitrogen and oxygen atoms in total. The fourth-order valence-electron chi connectivity index (χ4n) is 1.80. The average molecular weight is 277 g/mol. The van der Waals surface area contributed by atoms with E-state index >= 15 is 0 Å². The van der Waals surface area contributed by atoms with E-state index in [1.807, 2.05) is 0 Å². The fourth-order valence-corrected chi connectivity index (χ4v) is 1.80. The summed E-state index contributed by atoms with van der Waals surface area (Å²) in [6, 6.07) is 4.48. The molecule has 0 bridgehead atoms. The lowest BCUT2D eigenvalue weighted by atomic mass is 10.1. The van der Waals surface area contributed by atoms with Crippen LogP contribution in [0.15, 0.2) is 30.9 Å². The highest BCUT2D eigenvalue weighted by molar-refractivity contribution is 5.97. The molecular weight excluding hydrogens is 258 g/mol. The van der Waals surface area contributed by atoms with Gasteiger partial charge in [0.15, 0.2) is 0 Å². The molecule has 0 unspecified atom stereocenters. The molecule has 0 heterocycles. The van der Waals surface area contributed by atoms with Crippen LogP contribution in [0.5, 0.6) is 5.75 Å². The molecule has 0 atom stereocenters. The van der Waals surface area contributed by atoms with Crippen LogP contribution in [0.1, 0.15) is 22.8 Å². The summed E-state index contributed by atoms with van der Waals surface area (Å²) in [5, 5.41) is 9.36. The second kappa shape index (κ2) is 7.33. The molecule has 108 valence electrons. The predicted octanol–water partition coefficient (Wildman–Crippen LogP) is 1.89. The summed E-state index contributed by atoms with van der Waals surface area (Å²) >= 11 is 0. The third-order valence-corrected chi connectivity index (χ3v) is 2.70. The molecule has 1 rings (SSSR count).